The summed E-state index contributed by atoms with van der Waals surface area (Å²) in [4.78, 5) is 14.1. The first kappa shape index (κ1) is 14.3. The van der Waals surface area contributed by atoms with Gasteiger partial charge in [0.25, 0.3) is 0 Å². The van der Waals surface area contributed by atoms with Crippen molar-refractivity contribution in [1.82, 2.24) is 10.3 Å². The molecule has 1 heterocycles. The largest absolute Gasteiger partial charge is 0.388 e. The fraction of sp³-hybridized carbons (Fsp3) is 0.400. The van der Waals surface area contributed by atoms with Crippen LogP contribution < -0.4 is 5.32 Å². The monoisotopic (exact) mass is 354 g/mol. The molecule has 1 aromatic rings. The Labute approximate surface area is 111 Å². The molecule has 94 valence electrons. The highest BCUT2D eigenvalue weighted by Crippen LogP contribution is 2.24. The quantitative estimate of drug-likeness (QED) is 0.539. The molecule has 0 aliphatic heterocycles. The molecule has 0 aromatic carbocycles. The van der Waals surface area contributed by atoms with E-state index in [1.54, 1.807) is 0 Å². The number of nitrogens with one attached hydrogen (secondary N) is 1. The molecular formula is C10H12FIN2O3. The zero-order valence-electron chi connectivity index (χ0n) is 9.02. The summed E-state index contributed by atoms with van der Waals surface area (Å²) in [5, 5.41) is 21.7. The molecular weight excluding hydrogens is 342 g/mol. The van der Waals surface area contributed by atoms with Gasteiger partial charge in [0.05, 0.1) is 5.56 Å². The minimum Gasteiger partial charge on any atom is -0.388 e. The number of pyridine rings is 1. The zero-order chi connectivity index (χ0) is 13.0. The molecule has 0 saturated carbocycles. The van der Waals surface area contributed by atoms with Gasteiger partial charge in [-0.25, -0.2) is 4.98 Å². The Hall–Kier alpha value is -0.800. The van der Waals surface area contributed by atoms with Crippen molar-refractivity contribution < 1.29 is 19.4 Å². The first-order chi connectivity index (χ1) is 7.93. The number of aromatic nitrogens is 1. The maximum atomic E-state index is 13.4. The van der Waals surface area contributed by atoms with Crippen LogP contribution in [0.15, 0.2) is 12.3 Å². The molecule has 0 fully saturated rings. The maximum absolute atomic E-state index is 13.4. The first-order valence-corrected chi connectivity index (χ1v) is 5.91. The first-order valence-electron chi connectivity index (χ1n) is 4.84. The van der Waals surface area contributed by atoms with E-state index in [1.807, 2.05) is 22.6 Å². The molecule has 0 saturated heterocycles. The van der Waals surface area contributed by atoms with Crippen molar-refractivity contribution in [2.45, 2.75) is 19.1 Å². The van der Waals surface area contributed by atoms with Crippen LogP contribution in [0.5, 0.6) is 0 Å². The maximum Gasteiger partial charge on any atom is 0.219 e. The van der Waals surface area contributed by atoms with E-state index < -0.39 is 18.2 Å². The molecule has 3 N–H and O–H groups in total. The predicted molar refractivity (Wildman–Crippen MR) is 66.6 cm³/mol. The lowest BCUT2D eigenvalue weighted by molar-refractivity contribution is -0.119. The summed E-state index contributed by atoms with van der Waals surface area (Å²) in [7, 11) is 0. The number of rotatable bonds is 4. The SMILES string of the molecule is CC(=O)NCC(O)C(O)c1c(I)ccnc1F. The van der Waals surface area contributed by atoms with Gasteiger partial charge in [-0.1, -0.05) is 0 Å². The Bertz CT molecular complexity index is 396. The molecule has 7 heteroatoms. The minimum atomic E-state index is -1.43. The van der Waals surface area contributed by atoms with Crippen LogP contribution in [0.3, 0.4) is 0 Å². The van der Waals surface area contributed by atoms with Crippen molar-refractivity contribution in [3.63, 3.8) is 0 Å². The van der Waals surface area contributed by atoms with Gasteiger partial charge in [0.15, 0.2) is 0 Å². The molecule has 1 aromatic heterocycles. The van der Waals surface area contributed by atoms with Gasteiger partial charge >= 0.3 is 0 Å². The molecule has 1 rings (SSSR count). The van der Waals surface area contributed by atoms with Crippen LogP contribution in [-0.2, 0) is 4.79 Å². The van der Waals surface area contributed by atoms with Crippen LogP contribution in [0.2, 0.25) is 0 Å². The lowest BCUT2D eigenvalue weighted by atomic mass is 10.1. The van der Waals surface area contributed by atoms with E-state index in [4.69, 9.17) is 0 Å². The van der Waals surface area contributed by atoms with Crippen molar-refractivity contribution in [3.8, 4) is 0 Å². The third kappa shape index (κ3) is 3.86. The standard InChI is InChI=1S/C10H12FIN2O3/c1-5(15)14-4-7(16)9(17)8-6(12)2-3-13-10(8)11/h2-3,7,9,16-17H,4H2,1H3,(H,14,15). The van der Waals surface area contributed by atoms with Crippen molar-refractivity contribution in [1.29, 1.82) is 0 Å². The lowest BCUT2D eigenvalue weighted by Crippen LogP contribution is -2.34. The number of amides is 1. The molecule has 0 spiro atoms. The van der Waals surface area contributed by atoms with E-state index in [1.165, 1.54) is 19.2 Å². The molecule has 5 nitrogen and oxygen atoms in total. The highest BCUT2D eigenvalue weighted by Gasteiger charge is 2.24. The van der Waals surface area contributed by atoms with Gasteiger partial charge in [-0.2, -0.15) is 4.39 Å². The summed E-state index contributed by atoms with van der Waals surface area (Å²) in [5.41, 5.74) is -0.0639. The Morgan fingerprint density at radius 3 is 2.82 bits per heavy atom. The second kappa shape index (κ2) is 6.22. The van der Waals surface area contributed by atoms with E-state index in [0.717, 1.165) is 0 Å². The van der Waals surface area contributed by atoms with Gasteiger partial charge in [0.2, 0.25) is 11.9 Å². The van der Waals surface area contributed by atoms with Crippen molar-refractivity contribution in [3.05, 3.63) is 27.3 Å². The molecule has 0 bridgehead atoms. The van der Waals surface area contributed by atoms with Gasteiger partial charge in [-0.3, -0.25) is 4.79 Å². The highest BCUT2D eigenvalue weighted by molar-refractivity contribution is 14.1. The molecule has 0 aliphatic carbocycles. The lowest BCUT2D eigenvalue weighted by Gasteiger charge is -2.19. The van der Waals surface area contributed by atoms with Gasteiger partial charge in [0.1, 0.15) is 12.2 Å². The molecule has 2 unspecified atom stereocenters. The number of hydrogen-bond donors (Lipinski definition) is 3. The third-order valence-electron chi connectivity index (χ3n) is 2.11. The third-order valence-corrected chi connectivity index (χ3v) is 3.05. The summed E-state index contributed by atoms with van der Waals surface area (Å²) in [6, 6.07) is 1.52. The van der Waals surface area contributed by atoms with Gasteiger partial charge in [-0.05, 0) is 28.7 Å². The number of carbonyl (C=O) groups is 1. The van der Waals surface area contributed by atoms with E-state index in [-0.39, 0.29) is 18.0 Å². The van der Waals surface area contributed by atoms with Gasteiger partial charge in [0, 0.05) is 23.2 Å². The van der Waals surface area contributed by atoms with Crippen LogP contribution >= 0.6 is 22.6 Å². The van der Waals surface area contributed by atoms with Crippen molar-refractivity contribution in [2.24, 2.45) is 0 Å². The smallest absolute Gasteiger partial charge is 0.219 e. The fourth-order valence-electron chi connectivity index (χ4n) is 1.24. The number of aliphatic hydroxyl groups excluding tert-OH is 2. The number of aliphatic hydroxyl groups is 2. The normalized spacial score (nSPS) is 14.2. The number of hydrogen-bond acceptors (Lipinski definition) is 4. The van der Waals surface area contributed by atoms with E-state index in [0.29, 0.717) is 3.57 Å². The average molecular weight is 354 g/mol. The molecule has 0 radical (unpaired) electrons. The predicted octanol–water partition coefficient (Wildman–Crippen LogP) is 0.356. The van der Waals surface area contributed by atoms with Crippen LogP contribution in [0.25, 0.3) is 0 Å². The Balaban J connectivity index is 2.81. The topological polar surface area (TPSA) is 82.5 Å². The molecule has 0 aliphatic rings. The summed E-state index contributed by atoms with van der Waals surface area (Å²) in [6.07, 6.45) is -1.44. The Morgan fingerprint density at radius 2 is 2.29 bits per heavy atom. The Kier molecular flexibility index (Phi) is 5.22. The minimum absolute atomic E-state index is 0.0639. The van der Waals surface area contributed by atoms with Crippen molar-refractivity contribution >= 4 is 28.5 Å². The van der Waals surface area contributed by atoms with Gasteiger partial charge in [-0.15, -0.1) is 0 Å². The van der Waals surface area contributed by atoms with E-state index in [9.17, 15) is 19.4 Å². The van der Waals surface area contributed by atoms with Gasteiger partial charge < -0.3 is 15.5 Å². The summed E-state index contributed by atoms with van der Waals surface area (Å²) in [5.74, 6) is -1.16. The van der Waals surface area contributed by atoms with E-state index >= 15 is 0 Å². The van der Waals surface area contributed by atoms with Crippen LogP contribution in [0, 0.1) is 9.52 Å². The van der Waals surface area contributed by atoms with Crippen molar-refractivity contribution in [2.75, 3.05) is 6.54 Å². The summed E-state index contributed by atoms with van der Waals surface area (Å²) >= 11 is 1.84. The highest BCUT2D eigenvalue weighted by atomic mass is 127. The van der Waals surface area contributed by atoms with E-state index in [2.05, 4.69) is 10.3 Å². The summed E-state index contributed by atoms with van der Waals surface area (Å²) < 4.78 is 13.8. The molecule has 1 amide bonds. The molecule has 17 heavy (non-hydrogen) atoms. The average Bonchev–Trinajstić information content (AvgIpc) is 2.25. The zero-order valence-corrected chi connectivity index (χ0v) is 11.2. The van der Waals surface area contributed by atoms with Crippen LogP contribution in [0.1, 0.15) is 18.6 Å². The fourth-order valence-corrected chi connectivity index (χ4v) is 1.94. The summed E-state index contributed by atoms with van der Waals surface area (Å²) in [6.45, 7) is 1.13. The second-order valence-electron chi connectivity index (χ2n) is 3.45. The number of nitrogens with zero attached hydrogens (tertiary/aromatic N) is 1. The Morgan fingerprint density at radius 1 is 1.65 bits per heavy atom. The molecule has 2 atom stereocenters. The second-order valence-corrected chi connectivity index (χ2v) is 4.61. The van der Waals surface area contributed by atoms with Crippen LogP contribution in [-0.4, -0.2) is 33.8 Å². The number of carbonyl (C=O) groups excluding carboxylic acids is 1. The number of halogens is 2. The van der Waals surface area contributed by atoms with Crippen LogP contribution in [0.4, 0.5) is 4.39 Å².